The Bertz CT molecular complexity index is 909. The van der Waals surface area contributed by atoms with Gasteiger partial charge in [0, 0.05) is 0 Å². The van der Waals surface area contributed by atoms with Crippen LogP contribution in [0.2, 0.25) is 0 Å². The highest BCUT2D eigenvalue weighted by Crippen LogP contribution is 2.33. The number of amides is 3. The molecule has 4 rings (SSSR count). The molecule has 10 heteroatoms. The number of quaternary nitrogens is 1. The number of carbonyl (C=O) groups excluding carboxylic acids is 2. The third kappa shape index (κ3) is 3.64. The molecule has 0 aromatic heterocycles. The Morgan fingerprint density at radius 1 is 1.07 bits per heavy atom. The van der Waals surface area contributed by atoms with Crippen molar-refractivity contribution in [3.63, 3.8) is 0 Å². The zero-order valence-corrected chi connectivity index (χ0v) is 17.0. The smallest absolute Gasteiger partial charge is 0.323 e. The lowest BCUT2D eigenvalue weighted by atomic mass is 9.82. The van der Waals surface area contributed by atoms with Crippen LogP contribution in [-0.4, -0.2) is 67.9 Å². The van der Waals surface area contributed by atoms with Crippen molar-refractivity contribution in [2.75, 3.05) is 32.8 Å². The molecular formula is C19H26FN4O4S+. The first-order valence-corrected chi connectivity index (χ1v) is 11.5. The molecule has 1 aromatic rings. The van der Waals surface area contributed by atoms with Gasteiger partial charge in [-0.15, -0.1) is 0 Å². The SMILES string of the molecule is O=C1NC2(CCCCC2)C(=O)N1C[NH+]1CCN(S(=O)(=O)c2ccccc2F)CC1. The Morgan fingerprint density at radius 2 is 1.72 bits per heavy atom. The Labute approximate surface area is 169 Å². The topological polar surface area (TPSA) is 91.2 Å². The average Bonchev–Trinajstić information content (AvgIpc) is 2.93. The fourth-order valence-corrected chi connectivity index (χ4v) is 6.04. The second kappa shape index (κ2) is 7.66. The van der Waals surface area contributed by atoms with Crippen molar-refractivity contribution < 1.29 is 27.3 Å². The summed E-state index contributed by atoms with van der Waals surface area (Å²) in [5, 5.41) is 2.90. The molecule has 2 saturated heterocycles. The summed E-state index contributed by atoms with van der Waals surface area (Å²) in [5.41, 5.74) is -0.745. The van der Waals surface area contributed by atoms with E-state index in [-0.39, 0.29) is 36.6 Å². The summed E-state index contributed by atoms with van der Waals surface area (Å²) in [4.78, 5) is 27.2. The summed E-state index contributed by atoms with van der Waals surface area (Å²) in [6.45, 7) is 1.52. The number of benzene rings is 1. The van der Waals surface area contributed by atoms with Crippen LogP contribution in [0.4, 0.5) is 9.18 Å². The quantitative estimate of drug-likeness (QED) is 0.661. The molecule has 3 fully saturated rings. The molecule has 0 radical (unpaired) electrons. The van der Waals surface area contributed by atoms with Crippen LogP contribution in [0, 0.1) is 5.82 Å². The molecule has 3 aliphatic rings. The largest absolute Gasteiger partial charge is 0.329 e. The highest BCUT2D eigenvalue weighted by atomic mass is 32.2. The minimum atomic E-state index is -3.90. The molecule has 0 unspecified atom stereocenters. The molecule has 1 spiro atoms. The third-order valence-corrected chi connectivity index (χ3v) is 8.15. The van der Waals surface area contributed by atoms with Crippen LogP contribution < -0.4 is 10.2 Å². The molecule has 2 heterocycles. The summed E-state index contributed by atoms with van der Waals surface area (Å²) in [6.07, 6.45) is 4.29. The average molecular weight is 426 g/mol. The first kappa shape index (κ1) is 20.2. The van der Waals surface area contributed by atoms with E-state index in [0.717, 1.165) is 30.2 Å². The maximum absolute atomic E-state index is 13.9. The van der Waals surface area contributed by atoms with Gasteiger partial charge in [-0.3, -0.25) is 4.79 Å². The van der Waals surface area contributed by atoms with E-state index in [0.29, 0.717) is 25.9 Å². The normalized spacial score (nSPS) is 23.6. The van der Waals surface area contributed by atoms with E-state index < -0.39 is 21.4 Å². The van der Waals surface area contributed by atoms with Crippen molar-refractivity contribution in [1.29, 1.82) is 0 Å². The van der Waals surface area contributed by atoms with Crippen molar-refractivity contribution >= 4 is 22.0 Å². The van der Waals surface area contributed by atoms with Gasteiger partial charge in [0.2, 0.25) is 10.0 Å². The first-order chi connectivity index (χ1) is 13.8. The number of piperazine rings is 1. The number of nitrogens with zero attached hydrogens (tertiary/aromatic N) is 2. The molecule has 2 N–H and O–H groups in total. The van der Waals surface area contributed by atoms with Crippen LogP contribution in [0.15, 0.2) is 29.2 Å². The summed E-state index contributed by atoms with van der Waals surface area (Å²) in [7, 11) is -3.90. The first-order valence-electron chi connectivity index (χ1n) is 10.1. The Hall–Kier alpha value is -2.04. The summed E-state index contributed by atoms with van der Waals surface area (Å²) < 4.78 is 40.6. The van der Waals surface area contributed by atoms with Gasteiger partial charge in [-0.05, 0) is 25.0 Å². The lowest BCUT2D eigenvalue weighted by Gasteiger charge is -2.33. The Kier molecular flexibility index (Phi) is 5.34. The van der Waals surface area contributed by atoms with Crippen molar-refractivity contribution in [3.8, 4) is 0 Å². The second-order valence-electron chi connectivity index (χ2n) is 8.05. The van der Waals surface area contributed by atoms with Gasteiger partial charge in [0.1, 0.15) is 16.3 Å². The van der Waals surface area contributed by atoms with Crippen LogP contribution in [0.1, 0.15) is 32.1 Å². The van der Waals surface area contributed by atoms with Crippen LogP contribution >= 0.6 is 0 Å². The van der Waals surface area contributed by atoms with E-state index in [1.807, 2.05) is 0 Å². The monoisotopic (exact) mass is 425 g/mol. The van der Waals surface area contributed by atoms with E-state index in [1.54, 1.807) is 0 Å². The standard InChI is InChI=1S/C19H25FN4O4S/c20-15-6-2-3-7-16(15)29(27,28)23-12-10-22(11-13-23)14-24-17(25)19(21-18(24)26)8-4-1-5-9-19/h2-3,6-7H,1,4-5,8-14H2,(H,21,26)/p+1. The predicted molar refractivity (Wildman–Crippen MR) is 102 cm³/mol. The summed E-state index contributed by atoms with van der Waals surface area (Å²) >= 11 is 0. The minimum absolute atomic E-state index is 0.156. The van der Waals surface area contributed by atoms with E-state index in [1.165, 1.54) is 27.4 Å². The number of hydrogen-bond donors (Lipinski definition) is 2. The van der Waals surface area contributed by atoms with Gasteiger partial charge in [0.15, 0.2) is 6.67 Å². The van der Waals surface area contributed by atoms with Crippen LogP contribution in [0.25, 0.3) is 0 Å². The molecule has 0 bridgehead atoms. The van der Waals surface area contributed by atoms with Gasteiger partial charge in [-0.1, -0.05) is 31.4 Å². The number of urea groups is 1. The van der Waals surface area contributed by atoms with Crippen molar-refractivity contribution in [3.05, 3.63) is 30.1 Å². The summed E-state index contributed by atoms with van der Waals surface area (Å²) in [5.74, 6) is -0.921. The Morgan fingerprint density at radius 3 is 2.38 bits per heavy atom. The highest BCUT2D eigenvalue weighted by molar-refractivity contribution is 7.89. The molecular weight excluding hydrogens is 399 g/mol. The number of rotatable bonds is 4. The van der Waals surface area contributed by atoms with Crippen molar-refractivity contribution in [2.24, 2.45) is 0 Å². The predicted octanol–water partition coefficient (Wildman–Crippen LogP) is -0.0729. The van der Waals surface area contributed by atoms with E-state index in [4.69, 9.17) is 0 Å². The number of hydrogen-bond acceptors (Lipinski definition) is 4. The van der Waals surface area contributed by atoms with Gasteiger partial charge in [-0.2, -0.15) is 4.31 Å². The maximum Gasteiger partial charge on any atom is 0.329 e. The number of halogens is 1. The van der Waals surface area contributed by atoms with Gasteiger partial charge in [0.25, 0.3) is 5.91 Å². The molecule has 158 valence electrons. The fourth-order valence-electron chi connectivity index (χ4n) is 4.53. The number of carbonyl (C=O) groups is 2. The fraction of sp³-hybridized carbons (Fsp3) is 0.579. The molecule has 8 nitrogen and oxygen atoms in total. The van der Waals surface area contributed by atoms with Gasteiger partial charge in [0.05, 0.1) is 26.2 Å². The van der Waals surface area contributed by atoms with Crippen LogP contribution in [0.3, 0.4) is 0 Å². The van der Waals surface area contributed by atoms with E-state index in [9.17, 15) is 22.4 Å². The lowest BCUT2D eigenvalue weighted by molar-refractivity contribution is -0.910. The van der Waals surface area contributed by atoms with E-state index in [2.05, 4.69) is 5.32 Å². The van der Waals surface area contributed by atoms with Gasteiger partial charge in [-0.25, -0.2) is 22.5 Å². The van der Waals surface area contributed by atoms with Crippen molar-refractivity contribution in [2.45, 2.75) is 42.5 Å². The van der Waals surface area contributed by atoms with Crippen LogP contribution in [0.5, 0.6) is 0 Å². The Balaban J connectivity index is 1.39. The third-order valence-electron chi connectivity index (χ3n) is 6.22. The summed E-state index contributed by atoms with van der Waals surface area (Å²) in [6, 6.07) is 4.99. The molecule has 0 atom stereocenters. The van der Waals surface area contributed by atoms with Crippen LogP contribution in [-0.2, 0) is 14.8 Å². The molecule has 2 aliphatic heterocycles. The number of sulfonamides is 1. The molecule has 1 saturated carbocycles. The van der Waals surface area contributed by atoms with Gasteiger partial charge >= 0.3 is 6.03 Å². The highest BCUT2D eigenvalue weighted by Gasteiger charge is 2.52. The lowest BCUT2D eigenvalue weighted by Crippen LogP contribution is -3.16. The van der Waals surface area contributed by atoms with E-state index >= 15 is 0 Å². The zero-order valence-electron chi connectivity index (χ0n) is 16.2. The minimum Gasteiger partial charge on any atom is -0.323 e. The molecule has 1 aliphatic carbocycles. The molecule has 1 aromatic carbocycles. The molecule has 3 amide bonds. The van der Waals surface area contributed by atoms with Gasteiger partial charge < -0.3 is 10.2 Å². The second-order valence-corrected chi connectivity index (χ2v) is 9.96. The van der Waals surface area contributed by atoms with Crippen molar-refractivity contribution in [1.82, 2.24) is 14.5 Å². The number of nitrogens with one attached hydrogen (secondary N) is 2. The number of imide groups is 1. The zero-order chi connectivity index (χ0) is 20.6. The molecule has 29 heavy (non-hydrogen) atoms. The maximum atomic E-state index is 13.9.